The summed E-state index contributed by atoms with van der Waals surface area (Å²) in [5, 5.41) is 2.98. The summed E-state index contributed by atoms with van der Waals surface area (Å²) in [6.07, 6.45) is 3.31. The summed E-state index contributed by atoms with van der Waals surface area (Å²) in [7, 11) is 0. The summed E-state index contributed by atoms with van der Waals surface area (Å²) in [5.41, 5.74) is -0.0548. The highest BCUT2D eigenvalue weighted by molar-refractivity contribution is 5.97. The van der Waals surface area contributed by atoms with Crippen molar-refractivity contribution in [2.24, 2.45) is 11.8 Å². The minimum Gasteiger partial charge on any atom is -0.492 e. The van der Waals surface area contributed by atoms with E-state index in [-0.39, 0.29) is 5.91 Å². The smallest absolute Gasteiger partial charge is 0.256 e. The molecule has 1 aliphatic heterocycles. The van der Waals surface area contributed by atoms with Crippen LogP contribution in [0, 0.1) is 11.8 Å². The third-order valence-electron chi connectivity index (χ3n) is 5.27. The van der Waals surface area contributed by atoms with Crippen molar-refractivity contribution in [1.82, 2.24) is 4.90 Å². The van der Waals surface area contributed by atoms with Crippen LogP contribution in [-0.2, 0) is 9.53 Å². The van der Waals surface area contributed by atoms with Crippen LogP contribution in [-0.4, -0.2) is 49.3 Å². The van der Waals surface area contributed by atoms with Gasteiger partial charge in [-0.1, -0.05) is 20.8 Å². The fraction of sp³-hybridized carbons (Fsp3) is 0.696. The molecule has 1 N–H and O–H groups in total. The van der Waals surface area contributed by atoms with Gasteiger partial charge in [-0.3, -0.25) is 9.69 Å². The molecule has 5 nitrogen and oxygen atoms in total. The average molecular weight is 391 g/mol. The van der Waals surface area contributed by atoms with Gasteiger partial charge in [-0.15, -0.1) is 0 Å². The Morgan fingerprint density at radius 2 is 2.04 bits per heavy atom. The van der Waals surface area contributed by atoms with E-state index in [9.17, 15) is 4.79 Å². The maximum Gasteiger partial charge on any atom is 0.256 e. The predicted molar refractivity (Wildman–Crippen MR) is 115 cm³/mol. The lowest BCUT2D eigenvalue weighted by Gasteiger charge is -2.30. The first-order valence-corrected chi connectivity index (χ1v) is 10.7. The molecule has 0 aliphatic carbocycles. The zero-order valence-electron chi connectivity index (χ0n) is 18.3. The highest BCUT2D eigenvalue weighted by Crippen LogP contribution is 2.24. The van der Waals surface area contributed by atoms with Gasteiger partial charge in [-0.25, -0.2) is 0 Å². The lowest BCUT2D eigenvalue weighted by atomic mass is 9.93. The number of likely N-dealkylation sites (tertiary alicyclic amines) is 1. The number of carbonyl (C=O) groups is 1. The van der Waals surface area contributed by atoms with Gasteiger partial charge in [0.25, 0.3) is 5.91 Å². The second kappa shape index (κ2) is 10.8. The molecule has 0 bridgehead atoms. The van der Waals surface area contributed by atoms with Gasteiger partial charge in [0.2, 0.25) is 0 Å². The first kappa shape index (κ1) is 22.7. The molecule has 2 rings (SSSR count). The number of nitrogens with zero attached hydrogens (tertiary/aromatic N) is 1. The topological polar surface area (TPSA) is 50.8 Å². The molecule has 1 saturated heterocycles. The zero-order valence-corrected chi connectivity index (χ0v) is 18.3. The monoisotopic (exact) mass is 390 g/mol. The molecule has 158 valence electrons. The van der Waals surface area contributed by atoms with Gasteiger partial charge >= 0.3 is 0 Å². The molecule has 1 amide bonds. The van der Waals surface area contributed by atoms with E-state index in [1.54, 1.807) is 0 Å². The van der Waals surface area contributed by atoms with Crippen LogP contribution in [0.1, 0.15) is 53.9 Å². The van der Waals surface area contributed by atoms with E-state index in [2.05, 4.69) is 31.0 Å². The van der Waals surface area contributed by atoms with Crippen LogP contribution in [0.5, 0.6) is 5.75 Å². The van der Waals surface area contributed by atoms with Crippen molar-refractivity contribution in [3.05, 3.63) is 24.3 Å². The number of nitrogens with one attached hydrogen (secondary N) is 1. The lowest BCUT2D eigenvalue weighted by Crippen LogP contribution is -2.43. The lowest BCUT2D eigenvalue weighted by molar-refractivity contribution is -0.140. The second-order valence-corrected chi connectivity index (χ2v) is 8.64. The molecule has 1 aromatic carbocycles. The number of anilines is 1. The normalized spacial score (nSPS) is 20.0. The molecule has 2 unspecified atom stereocenters. The first-order chi connectivity index (χ1) is 13.3. The third-order valence-corrected chi connectivity index (χ3v) is 5.27. The number of ether oxygens (including phenoxy) is 2. The number of benzene rings is 1. The van der Waals surface area contributed by atoms with Gasteiger partial charge in [-0.2, -0.15) is 0 Å². The molecule has 2 atom stereocenters. The molecule has 1 aromatic rings. The molecule has 5 heteroatoms. The van der Waals surface area contributed by atoms with E-state index in [1.165, 1.54) is 25.9 Å². The van der Waals surface area contributed by atoms with E-state index in [4.69, 9.17) is 9.47 Å². The fourth-order valence-corrected chi connectivity index (χ4v) is 3.99. The van der Waals surface area contributed by atoms with E-state index in [0.29, 0.717) is 25.6 Å². The molecule has 0 spiro atoms. The van der Waals surface area contributed by atoms with Crippen LogP contribution in [0.3, 0.4) is 0 Å². The SMILES string of the molecule is CCOC(C)(CC(C)C)C(=O)Nc1ccc(OCCN2CCCC(C)C2)cc1. The van der Waals surface area contributed by atoms with Gasteiger partial charge in [0.15, 0.2) is 0 Å². The molecule has 28 heavy (non-hydrogen) atoms. The minimum absolute atomic E-state index is 0.101. The van der Waals surface area contributed by atoms with Crippen molar-refractivity contribution in [2.45, 2.75) is 59.5 Å². The Hall–Kier alpha value is -1.59. The van der Waals surface area contributed by atoms with Crippen LogP contribution in [0.4, 0.5) is 5.69 Å². The largest absolute Gasteiger partial charge is 0.492 e. The Kier molecular flexibility index (Phi) is 8.77. The van der Waals surface area contributed by atoms with E-state index < -0.39 is 5.60 Å². The fourth-order valence-electron chi connectivity index (χ4n) is 3.99. The number of carbonyl (C=O) groups excluding carboxylic acids is 1. The van der Waals surface area contributed by atoms with Crippen LogP contribution in [0.15, 0.2) is 24.3 Å². The number of rotatable bonds is 10. The van der Waals surface area contributed by atoms with Crippen molar-refractivity contribution < 1.29 is 14.3 Å². The minimum atomic E-state index is -0.816. The van der Waals surface area contributed by atoms with Crippen molar-refractivity contribution in [3.63, 3.8) is 0 Å². The molecule has 1 heterocycles. The van der Waals surface area contributed by atoms with E-state index in [1.807, 2.05) is 38.1 Å². The van der Waals surface area contributed by atoms with Gasteiger partial charge in [0.05, 0.1) is 0 Å². The molecular weight excluding hydrogens is 352 g/mol. The van der Waals surface area contributed by atoms with Crippen LogP contribution in [0.2, 0.25) is 0 Å². The van der Waals surface area contributed by atoms with Gasteiger partial charge < -0.3 is 14.8 Å². The van der Waals surface area contributed by atoms with Crippen LogP contribution < -0.4 is 10.1 Å². The highest BCUT2D eigenvalue weighted by atomic mass is 16.5. The molecule has 1 aliphatic rings. The maximum absolute atomic E-state index is 12.7. The maximum atomic E-state index is 12.7. The standard InChI is InChI=1S/C23H38N2O3/c1-6-28-23(5,16-18(2)3)22(26)24-20-9-11-21(12-10-20)27-15-14-25-13-7-8-19(4)17-25/h9-12,18-19H,6-8,13-17H2,1-5H3,(H,24,26). The van der Waals surface area contributed by atoms with Crippen molar-refractivity contribution in [3.8, 4) is 5.75 Å². The number of hydrogen-bond donors (Lipinski definition) is 1. The Bertz CT molecular complexity index is 602. The van der Waals surface area contributed by atoms with Crippen molar-refractivity contribution >= 4 is 11.6 Å². The third kappa shape index (κ3) is 7.10. The zero-order chi connectivity index (χ0) is 20.6. The highest BCUT2D eigenvalue weighted by Gasteiger charge is 2.34. The molecule has 0 radical (unpaired) electrons. The van der Waals surface area contributed by atoms with Gasteiger partial charge in [0.1, 0.15) is 18.0 Å². The number of piperidine rings is 1. The van der Waals surface area contributed by atoms with Crippen molar-refractivity contribution in [1.29, 1.82) is 0 Å². The van der Waals surface area contributed by atoms with Crippen LogP contribution in [0.25, 0.3) is 0 Å². The molecule has 0 aromatic heterocycles. The summed E-state index contributed by atoms with van der Waals surface area (Å²) in [5.74, 6) is 1.89. The predicted octanol–water partition coefficient (Wildman–Crippen LogP) is 4.58. The quantitative estimate of drug-likeness (QED) is 0.635. The average Bonchev–Trinajstić information content (AvgIpc) is 2.63. The van der Waals surface area contributed by atoms with E-state index >= 15 is 0 Å². The van der Waals surface area contributed by atoms with Gasteiger partial charge in [0, 0.05) is 25.4 Å². The Morgan fingerprint density at radius 3 is 2.64 bits per heavy atom. The summed E-state index contributed by atoms with van der Waals surface area (Å²) >= 11 is 0. The Morgan fingerprint density at radius 1 is 1.32 bits per heavy atom. The summed E-state index contributed by atoms with van der Waals surface area (Å²) in [6, 6.07) is 7.60. The second-order valence-electron chi connectivity index (χ2n) is 8.64. The molecular formula is C23H38N2O3. The Labute approximate surface area is 170 Å². The summed E-state index contributed by atoms with van der Waals surface area (Å²) < 4.78 is 11.7. The Balaban J connectivity index is 1.83. The molecule has 1 fully saturated rings. The molecule has 0 saturated carbocycles. The number of hydrogen-bond acceptors (Lipinski definition) is 4. The summed E-state index contributed by atoms with van der Waals surface area (Å²) in [6.45, 7) is 14.8. The summed E-state index contributed by atoms with van der Waals surface area (Å²) in [4.78, 5) is 15.2. The van der Waals surface area contributed by atoms with E-state index in [0.717, 1.165) is 23.9 Å². The van der Waals surface area contributed by atoms with Crippen LogP contribution >= 0.6 is 0 Å². The first-order valence-electron chi connectivity index (χ1n) is 10.7. The number of amides is 1. The van der Waals surface area contributed by atoms with Gasteiger partial charge in [-0.05, 0) is 75.8 Å². The van der Waals surface area contributed by atoms with Crippen molar-refractivity contribution in [2.75, 3.05) is 38.2 Å².